The van der Waals surface area contributed by atoms with E-state index in [9.17, 15) is 0 Å². The van der Waals surface area contributed by atoms with Gasteiger partial charge in [0, 0.05) is 18.1 Å². The lowest BCUT2D eigenvalue weighted by molar-refractivity contribution is 0.419. The van der Waals surface area contributed by atoms with Crippen LogP contribution in [0, 0.1) is 6.92 Å². The maximum absolute atomic E-state index is 5.41. The first-order valence-corrected chi connectivity index (χ1v) is 7.08. The molecule has 1 heterocycles. The summed E-state index contributed by atoms with van der Waals surface area (Å²) < 4.78 is 5.41. The maximum Gasteiger partial charge on any atom is 0.225 e. The molecular formula is C17H18N4O. The Kier molecular flexibility index (Phi) is 3.78. The molecule has 0 aliphatic carbocycles. The lowest BCUT2D eigenvalue weighted by Crippen LogP contribution is -2.03. The van der Waals surface area contributed by atoms with E-state index in [1.807, 2.05) is 36.4 Å². The second-order valence-electron chi connectivity index (χ2n) is 4.94. The van der Waals surface area contributed by atoms with E-state index in [0.717, 1.165) is 33.7 Å². The van der Waals surface area contributed by atoms with Gasteiger partial charge in [-0.1, -0.05) is 24.3 Å². The third-order valence-corrected chi connectivity index (χ3v) is 3.53. The molecule has 0 bridgehead atoms. The lowest BCUT2D eigenvalue weighted by Gasteiger charge is -2.13. The summed E-state index contributed by atoms with van der Waals surface area (Å²) in [7, 11) is 3.44. The zero-order valence-electron chi connectivity index (χ0n) is 12.8. The number of aromatic nitrogens is 2. The SMILES string of the molecule is CNc1nc(Nc2ccccc2C)c2cccc(OC)c2n1. The molecule has 0 aliphatic rings. The molecule has 22 heavy (non-hydrogen) atoms. The number of nitrogens with one attached hydrogen (secondary N) is 2. The lowest BCUT2D eigenvalue weighted by atomic mass is 10.2. The van der Waals surface area contributed by atoms with Crippen molar-refractivity contribution in [1.82, 2.24) is 9.97 Å². The number of rotatable bonds is 4. The Morgan fingerprint density at radius 1 is 1.00 bits per heavy atom. The molecule has 0 radical (unpaired) electrons. The predicted molar refractivity (Wildman–Crippen MR) is 90.1 cm³/mol. The molecular weight excluding hydrogens is 276 g/mol. The summed E-state index contributed by atoms with van der Waals surface area (Å²) in [4.78, 5) is 9.04. The molecule has 3 aromatic rings. The average molecular weight is 294 g/mol. The molecule has 112 valence electrons. The molecule has 0 atom stereocenters. The first-order chi connectivity index (χ1) is 10.7. The van der Waals surface area contributed by atoms with Crippen LogP contribution in [-0.4, -0.2) is 24.1 Å². The molecule has 5 nitrogen and oxygen atoms in total. The molecule has 0 spiro atoms. The molecule has 0 aliphatic heterocycles. The van der Waals surface area contributed by atoms with Gasteiger partial charge in [-0.3, -0.25) is 0 Å². The number of para-hydroxylation sites is 2. The number of aryl methyl sites for hydroxylation is 1. The third-order valence-electron chi connectivity index (χ3n) is 3.53. The number of methoxy groups -OCH3 is 1. The van der Waals surface area contributed by atoms with Crippen molar-refractivity contribution >= 4 is 28.4 Å². The van der Waals surface area contributed by atoms with Crippen LogP contribution in [-0.2, 0) is 0 Å². The number of nitrogens with zero attached hydrogens (tertiary/aromatic N) is 2. The van der Waals surface area contributed by atoms with Crippen molar-refractivity contribution in [3.05, 3.63) is 48.0 Å². The zero-order valence-corrected chi connectivity index (χ0v) is 12.8. The van der Waals surface area contributed by atoms with Gasteiger partial charge in [0.2, 0.25) is 5.95 Å². The Morgan fingerprint density at radius 2 is 1.82 bits per heavy atom. The topological polar surface area (TPSA) is 59.1 Å². The van der Waals surface area contributed by atoms with Crippen LogP contribution in [0.15, 0.2) is 42.5 Å². The fourth-order valence-electron chi connectivity index (χ4n) is 2.34. The normalized spacial score (nSPS) is 10.5. The number of fused-ring (bicyclic) bond motifs is 1. The Labute approximate surface area is 129 Å². The Balaban J connectivity index is 2.18. The van der Waals surface area contributed by atoms with Crippen molar-refractivity contribution in [1.29, 1.82) is 0 Å². The van der Waals surface area contributed by atoms with Crippen LogP contribution >= 0.6 is 0 Å². The average Bonchev–Trinajstić information content (AvgIpc) is 2.56. The van der Waals surface area contributed by atoms with Crippen LogP contribution in [0.4, 0.5) is 17.5 Å². The third kappa shape index (κ3) is 2.53. The van der Waals surface area contributed by atoms with Gasteiger partial charge in [-0.05, 0) is 30.7 Å². The highest BCUT2D eigenvalue weighted by Gasteiger charge is 2.11. The number of hydrogen-bond acceptors (Lipinski definition) is 5. The first kappa shape index (κ1) is 14.1. The van der Waals surface area contributed by atoms with E-state index in [4.69, 9.17) is 4.74 Å². The van der Waals surface area contributed by atoms with Gasteiger partial charge in [0.05, 0.1) is 7.11 Å². The van der Waals surface area contributed by atoms with Crippen molar-refractivity contribution in [2.24, 2.45) is 0 Å². The molecule has 0 saturated heterocycles. The van der Waals surface area contributed by atoms with E-state index in [0.29, 0.717) is 5.95 Å². The molecule has 2 N–H and O–H groups in total. The minimum absolute atomic E-state index is 0.549. The minimum Gasteiger partial charge on any atom is -0.494 e. The van der Waals surface area contributed by atoms with Crippen molar-refractivity contribution in [2.75, 3.05) is 24.8 Å². The van der Waals surface area contributed by atoms with E-state index in [2.05, 4.69) is 33.6 Å². The molecule has 3 rings (SSSR count). The number of hydrogen-bond donors (Lipinski definition) is 2. The van der Waals surface area contributed by atoms with Gasteiger partial charge < -0.3 is 15.4 Å². The van der Waals surface area contributed by atoms with Gasteiger partial charge in [0.15, 0.2) is 0 Å². The quantitative estimate of drug-likeness (QED) is 0.767. The molecule has 1 aromatic heterocycles. The summed E-state index contributed by atoms with van der Waals surface area (Å²) in [5, 5.41) is 7.31. The van der Waals surface area contributed by atoms with Crippen LogP contribution in [0.1, 0.15) is 5.56 Å². The van der Waals surface area contributed by atoms with Crippen LogP contribution in [0.2, 0.25) is 0 Å². The molecule has 2 aromatic carbocycles. The summed E-state index contributed by atoms with van der Waals surface area (Å²) in [6.07, 6.45) is 0. The predicted octanol–water partition coefficient (Wildman–Crippen LogP) is 3.73. The molecule has 0 amide bonds. The molecule has 0 fully saturated rings. The largest absolute Gasteiger partial charge is 0.494 e. The van der Waals surface area contributed by atoms with Crippen molar-refractivity contribution in [3.8, 4) is 5.75 Å². The molecule has 0 saturated carbocycles. The van der Waals surface area contributed by atoms with E-state index in [-0.39, 0.29) is 0 Å². The van der Waals surface area contributed by atoms with E-state index in [1.165, 1.54) is 0 Å². The second kappa shape index (κ2) is 5.89. The van der Waals surface area contributed by atoms with E-state index < -0.39 is 0 Å². The van der Waals surface area contributed by atoms with Crippen LogP contribution < -0.4 is 15.4 Å². The fourth-order valence-corrected chi connectivity index (χ4v) is 2.34. The highest BCUT2D eigenvalue weighted by molar-refractivity contribution is 5.95. The summed E-state index contributed by atoms with van der Waals surface area (Å²) >= 11 is 0. The van der Waals surface area contributed by atoms with Gasteiger partial charge in [-0.25, -0.2) is 4.98 Å². The Bertz CT molecular complexity index is 817. The summed E-state index contributed by atoms with van der Waals surface area (Å²) in [5.74, 6) is 2.03. The zero-order chi connectivity index (χ0) is 15.5. The molecule has 0 unspecified atom stereocenters. The van der Waals surface area contributed by atoms with Gasteiger partial charge in [-0.15, -0.1) is 0 Å². The monoisotopic (exact) mass is 294 g/mol. The first-order valence-electron chi connectivity index (χ1n) is 7.08. The Hall–Kier alpha value is -2.82. The number of benzene rings is 2. The van der Waals surface area contributed by atoms with Gasteiger partial charge >= 0.3 is 0 Å². The van der Waals surface area contributed by atoms with Crippen LogP contribution in [0.25, 0.3) is 10.9 Å². The summed E-state index contributed by atoms with van der Waals surface area (Å²) in [6, 6.07) is 13.9. The smallest absolute Gasteiger partial charge is 0.225 e. The van der Waals surface area contributed by atoms with Crippen molar-refractivity contribution in [3.63, 3.8) is 0 Å². The number of ether oxygens (including phenoxy) is 1. The van der Waals surface area contributed by atoms with Crippen molar-refractivity contribution in [2.45, 2.75) is 6.92 Å². The standard InChI is InChI=1S/C17H18N4O/c1-11-7-4-5-9-13(11)19-16-12-8-6-10-14(22-3)15(12)20-17(18-2)21-16/h4-10H,1-3H3,(H2,18,19,20,21). The second-order valence-corrected chi connectivity index (χ2v) is 4.94. The van der Waals surface area contributed by atoms with Crippen LogP contribution in [0.3, 0.4) is 0 Å². The van der Waals surface area contributed by atoms with Gasteiger partial charge in [0.25, 0.3) is 0 Å². The van der Waals surface area contributed by atoms with E-state index in [1.54, 1.807) is 14.2 Å². The van der Waals surface area contributed by atoms with Crippen LogP contribution in [0.5, 0.6) is 5.75 Å². The number of anilines is 3. The van der Waals surface area contributed by atoms with Gasteiger partial charge in [0.1, 0.15) is 17.1 Å². The Morgan fingerprint density at radius 3 is 2.55 bits per heavy atom. The summed E-state index contributed by atoms with van der Waals surface area (Å²) in [5.41, 5.74) is 2.95. The van der Waals surface area contributed by atoms with E-state index >= 15 is 0 Å². The highest BCUT2D eigenvalue weighted by atomic mass is 16.5. The van der Waals surface area contributed by atoms with Gasteiger partial charge in [-0.2, -0.15) is 4.98 Å². The van der Waals surface area contributed by atoms with Crippen molar-refractivity contribution < 1.29 is 4.74 Å². The minimum atomic E-state index is 0.549. The highest BCUT2D eigenvalue weighted by Crippen LogP contribution is 2.31. The fraction of sp³-hybridized carbons (Fsp3) is 0.176. The molecule has 5 heteroatoms. The maximum atomic E-state index is 5.41. The summed E-state index contributed by atoms with van der Waals surface area (Å²) in [6.45, 7) is 2.06.